The summed E-state index contributed by atoms with van der Waals surface area (Å²) in [6.45, 7) is 0. The molecule has 5 aromatic rings. The van der Waals surface area contributed by atoms with Crippen molar-refractivity contribution in [3.8, 4) is 40.0 Å². The molecule has 44 heavy (non-hydrogen) atoms. The summed E-state index contributed by atoms with van der Waals surface area (Å²) in [5, 5.41) is 4.86. The van der Waals surface area contributed by atoms with E-state index in [1.165, 1.54) is 46.8 Å². The molecule has 0 saturated heterocycles. The SMILES string of the molecule is COc1cc(/C=N/NC(=O)c2cc(-c3ccccc3)nc3ccccc23)ccc1OC(=O)c1cc(OC)c(OC)c(OC)c1. The molecule has 0 aliphatic carbocycles. The van der Waals surface area contributed by atoms with Gasteiger partial charge in [-0.3, -0.25) is 4.79 Å². The second kappa shape index (κ2) is 13.4. The quantitative estimate of drug-likeness (QED) is 0.0921. The Morgan fingerprint density at radius 3 is 2.09 bits per heavy atom. The van der Waals surface area contributed by atoms with Crippen LogP contribution < -0.4 is 29.1 Å². The number of benzene rings is 4. The highest BCUT2D eigenvalue weighted by Gasteiger charge is 2.20. The number of esters is 1. The first-order chi connectivity index (χ1) is 21.4. The van der Waals surface area contributed by atoms with Gasteiger partial charge in [0.1, 0.15) is 0 Å². The van der Waals surface area contributed by atoms with Gasteiger partial charge in [0.25, 0.3) is 5.91 Å². The summed E-state index contributed by atoms with van der Waals surface area (Å²) >= 11 is 0. The number of ether oxygens (including phenoxy) is 5. The third-order valence-corrected chi connectivity index (χ3v) is 6.70. The zero-order chi connectivity index (χ0) is 31.1. The predicted molar refractivity (Wildman–Crippen MR) is 166 cm³/mol. The molecule has 0 aliphatic rings. The van der Waals surface area contributed by atoms with Crippen molar-refractivity contribution in [3.05, 3.63) is 108 Å². The molecular formula is C34H29N3O7. The largest absolute Gasteiger partial charge is 0.493 e. The number of pyridine rings is 1. The van der Waals surface area contributed by atoms with Gasteiger partial charge >= 0.3 is 5.97 Å². The molecule has 5 rings (SSSR count). The van der Waals surface area contributed by atoms with Crippen LogP contribution in [-0.4, -0.2) is 51.5 Å². The number of carbonyl (C=O) groups excluding carboxylic acids is 2. The van der Waals surface area contributed by atoms with Gasteiger partial charge in [0.15, 0.2) is 23.0 Å². The van der Waals surface area contributed by atoms with Crippen molar-refractivity contribution in [3.63, 3.8) is 0 Å². The molecule has 1 amide bonds. The number of nitrogens with one attached hydrogen (secondary N) is 1. The number of hydrogen-bond donors (Lipinski definition) is 1. The van der Waals surface area contributed by atoms with Crippen molar-refractivity contribution >= 4 is 29.0 Å². The fourth-order valence-corrected chi connectivity index (χ4v) is 4.55. The summed E-state index contributed by atoms with van der Waals surface area (Å²) in [5.41, 5.74) is 6.10. The van der Waals surface area contributed by atoms with Crippen LogP contribution in [0.2, 0.25) is 0 Å². The van der Waals surface area contributed by atoms with Crippen molar-refractivity contribution in [1.29, 1.82) is 0 Å². The number of carbonyl (C=O) groups is 2. The molecule has 1 heterocycles. The van der Waals surface area contributed by atoms with Gasteiger partial charge in [-0.2, -0.15) is 5.10 Å². The maximum absolute atomic E-state index is 13.2. The first kappa shape index (κ1) is 29.6. The van der Waals surface area contributed by atoms with E-state index in [2.05, 4.69) is 10.5 Å². The molecule has 4 aromatic carbocycles. The molecule has 0 unspecified atom stereocenters. The lowest BCUT2D eigenvalue weighted by atomic mass is 10.0. The van der Waals surface area contributed by atoms with Gasteiger partial charge in [0.05, 0.1) is 57.0 Å². The van der Waals surface area contributed by atoms with E-state index in [1.807, 2.05) is 54.6 Å². The first-order valence-corrected chi connectivity index (χ1v) is 13.4. The predicted octanol–water partition coefficient (Wildman–Crippen LogP) is 5.92. The van der Waals surface area contributed by atoms with E-state index in [9.17, 15) is 9.59 Å². The number of hydrogen-bond acceptors (Lipinski definition) is 9. The van der Waals surface area contributed by atoms with Crippen LogP contribution in [0.4, 0.5) is 0 Å². The Hall–Kier alpha value is -5.90. The van der Waals surface area contributed by atoms with Crippen molar-refractivity contribution in [2.24, 2.45) is 5.10 Å². The average molecular weight is 592 g/mol. The molecule has 10 heteroatoms. The monoisotopic (exact) mass is 591 g/mol. The summed E-state index contributed by atoms with van der Waals surface area (Å²) < 4.78 is 27.0. The number of hydrazone groups is 1. The average Bonchev–Trinajstić information content (AvgIpc) is 3.07. The zero-order valence-corrected chi connectivity index (χ0v) is 24.5. The second-order valence-electron chi connectivity index (χ2n) is 9.35. The van der Waals surface area contributed by atoms with E-state index in [0.717, 1.165) is 5.56 Å². The lowest BCUT2D eigenvalue weighted by Crippen LogP contribution is -2.18. The standard InChI is InChI=1S/C34H29N3O7/c1-40-29-16-21(14-15-28(29)44-34(39)23-17-30(41-2)32(43-4)31(18-23)42-3)20-35-37-33(38)25-19-27(22-10-6-5-7-11-22)36-26-13-9-8-12-24(25)26/h5-20H,1-4H3,(H,37,38)/b35-20+. The fourth-order valence-electron chi connectivity index (χ4n) is 4.55. The molecule has 1 aromatic heterocycles. The van der Waals surface area contributed by atoms with Crippen molar-refractivity contribution in [2.45, 2.75) is 0 Å². The van der Waals surface area contributed by atoms with Crippen molar-refractivity contribution < 1.29 is 33.3 Å². The normalized spacial score (nSPS) is 10.8. The number of para-hydroxylation sites is 1. The molecule has 0 saturated carbocycles. The second-order valence-corrected chi connectivity index (χ2v) is 9.35. The summed E-state index contributed by atoms with van der Waals surface area (Å²) in [7, 11) is 5.84. The molecular weight excluding hydrogens is 562 g/mol. The molecule has 0 radical (unpaired) electrons. The molecule has 0 bridgehead atoms. The maximum Gasteiger partial charge on any atom is 0.343 e. The van der Waals surface area contributed by atoms with Crippen LogP contribution in [0, 0.1) is 0 Å². The van der Waals surface area contributed by atoms with Crippen LogP contribution in [-0.2, 0) is 0 Å². The number of aromatic nitrogens is 1. The van der Waals surface area contributed by atoms with Crippen LogP contribution in [0.3, 0.4) is 0 Å². The lowest BCUT2D eigenvalue weighted by Gasteiger charge is -2.14. The highest BCUT2D eigenvalue weighted by Crippen LogP contribution is 2.39. The minimum atomic E-state index is -0.657. The van der Waals surface area contributed by atoms with Crippen LogP contribution in [0.1, 0.15) is 26.3 Å². The molecule has 10 nitrogen and oxygen atoms in total. The Balaban J connectivity index is 1.33. The van der Waals surface area contributed by atoms with Gasteiger partial charge in [-0.15, -0.1) is 0 Å². The van der Waals surface area contributed by atoms with E-state index in [1.54, 1.807) is 24.3 Å². The number of rotatable bonds is 10. The zero-order valence-electron chi connectivity index (χ0n) is 24.5. The Morgan fingerprint density at radius 1 is 0.727 bits per heavy atom. The Labute approximate surface area is 253 Å². The Bertz CT molecular complexity index is 1830. The van der Waals surface area contributed by atoms with Gasteiger partial charge in [-0.25, -0.2) is 15.2 Å². The maximum atomic E-state index is 13.2. The van der Waals surface area contributed by atoms with Gasteiger partial charge < -0.3 is 23.7 Å². The number of fused-ring (bicyclic) bond motifs is 1. The lowest BCUT2D eigenvalue weighted by molar-refractivity contribution is 0.0728. The molecule has 1 N–H and O–H groups in total. The third-order valence-electron chi connectivity index (χ3n) is 6.70. The molecule has 222 valence electrons. The van der Waals surface area contributed by atoms with Crippen molar-refractivity contribution in [2.75, 3.05) is 28.4 Å². The van der Waals surface area contributed by atoms with Crippen LogP contribution in [0.5, 0.6) is 28.7 Å². The van der Waals surface area contributed by atoms with Gasteiger partial charge in [-0.1, -0.05) is 48.5 Å². The van der Waals surface area contributed by atoms with Crippen LogP contribution in [0.15, 0.2) is 96.1 Å². The first-order valence-electron chi connectivity index (χ1n) is 13.4. The molecule has 0 fully saturated rings. The summed E-state index contributed by atoms with van der Waals surface area (Å²) in [4.78, 5) is 30.9. The molecule has 0 aliphatic heterocycles. The number of methoxy groups -OCH3 is 4. The minimum Gasteiger partial charge on any atom is -0.493 e. The van der Waals surface area contributed by atoms with Gasteiger partial charge in [-0.05, 0) is 48.0 Å². The molecule has 0 atom stereocenters. The smallest absolute Gasteiger partial charge is 0.343 e. The number of nitrogens with zero attached hydrogens (tertiary/aromatic N) is 2. The van der Waals surface area contributed by atoms with E-state index >= 15 is 0 Å². The van der Waals surface area contributed by atoms with Crippen molar-refractivity contribution in [1.82, 2.24) is 10.4 Å². The summed E-state index contributed by atoms with van der Waals surface area (Å²) in [5.74, 6) is 0.410. The van der Waals surface area contributed by atoms with E-state index < -0.39 is 5.97 Å². The highest BCUT2D eigenvalue weighted by molar-refractivity contribution is 6.07. The van der Waals surface area contributed by atoms with Crippen LogP contribution >= 0.6 is 0 Å². The Morgan fingerprint density at radius 2 is 1.41 bits per heavy atom. The van der Waals surface area contributed by atoms with Gasteiger partial charge in [0, 0.05) is 10.9 Å². The summed E-state index contributed by atoms with van der Waals surface area (Å²) in [6.07, 6.45) is 1.46. The highest BCUT2D eigenvalue weighted by atomic mass is 16.6. The molecule has 0 spiro atoms. The minimum absolute atomic E-state index is 0.184. The van der Waals surface area contributed by atoms with E-state index in [0.29, 0.717) is 45.0 Å². The van der Waals surface area contributed by atoms with E-state index in [-0.39, 0.29) is 23.0 Å². The summed E-state index contributed by atoms with van der Waals surface area (Å²) in [6, 6.07) is 26.7. The number of amides is 1. The fraction of sp³-hybridized carbons (Fsp3) is 0.118. The third kappa shape index (κ3) is 6.29. The topological polar surface area (TPSA) is 118 Å². The van der Waals surface area contributed by atoms with Gasteiger partial charge in [0.2, 0.25) is 5.75 Å². The van der Waals surface area contributed by atoms with E-state index in [4.69, 9.17) is 28.7 Å². The Kier molecular flexibility index (Phi) is 9.00. The van der Waals surface area contributed by atoms with Crippen LogP contribution in [0.25, 0.3) is 22.2 Å².